The highest BCUT2D eigenvalue weighted by molar-refractivity contribution is 5.95. The van der Waals surface area contributed by atoms with E-state index in [1.54, 1.807) is 0 Å². The molecule has 0 aliphatic rings. The van der Waals surface area contributed by atoms with E-state index >= 15 is 0 Å². The Bertz CT molecular complexity index is 725. The molecule has 1 aromatic heterocycles. The van der Waals surface area contributed by atoms with Crippen molar-refractivity contribution in [3.63, 3.8) is 0 Å². The molecule has 0 atom stereocenters. The van der Waals surface area contributed by atoms with Crippen LogP contribution < -0.4 is 5.32 Å². The molecule has 3 rings (SSSR count). The highest BCUT2D eigenvalue weighted by Crippen LogP contribution is 2.30. The molecule has 0 bridgehead atoms. The lowest BCUT2D eigenvalue weighted by Gasteiger charge is -2.08. The first-order valence-corrected chi connectivity index (χ1v) is 7.37. The van der Waals surface area contributed by atoms with Gasteiger partial charge >= 0.3 is 0 Å². The second-order valence-electron chi connectivity index (χ2n) is 5.68. The summed E-state index contributed by atoms with van der Waals surface area (Å²) in [5, 5.41) is 5.83. The van der Waals surface area contributed by atoms with Crippen LogP contribution in [-0.2, 0) is 6.54 Å². The fourth-order valence-electron chi connectivity index (χ4n) is 2.52. The lowest BCUT2D eigenvalue weighted by molar-refractivity contribution is 0.545. The first-order valence-electron chi connectivity index (χ1n) is 7.37. The molecule has 0 saturated carbocycles. The molecule has 3 heteroatoms. The Labute approximate surface area is 125 Å². The molecule has 1 heterocycles. The smallest absolute Gasteiger partial charge is 0.181 e. The molecule has 3 nitrogen and oxygen atoms in total. The molecule has 0 radical (unpaired) electrons. The van der Waals surface area contributed by atoms with Crippen LogP contribution in [0.25, 0.3) is 22.1 Å². The van der Waals surface area contributed by atoms with Crippen molar-refractivity contribution in [2.45, 2.75) is 20.4 Å². The van der Waals surface area contributed by atoms with Gasteiger partial charge in [0.1, 0.15) is 5.69 Å². The second-order valence-corrected chi connectivity index (χ2v) is 5.68. The maximum atomic E-state index is 5.67. The number of fused-ring (bicyclic) bond motifs is 1. The van der Waals surface area contributed by atoms with Crippen LogP contribution in [0.3, 0.4) is 0 Å². The SMILES string of the molecule is CC(C)CNCc1ncoc1-c1cccc2ccccc12. The Balaban J connectivity index is 1.94. The summed E-state index contributed by atoms with van der Waals surface area (Å²) in [6.07, 6.45) is 1.53. The number of benzene rings is 2. The molecule has 21 heavy (non-hydrogen) atoms. The zero-order valence-electron chi connectivity index (χ0n) is 12.5. The minimum atomic E-state index is 0.623. The first kappa shape index (κ1) is 13.8. The van der Waals surface area contributed by atoms with Crippen LogP contribution in [0.2, 0.25) is 0 Å². The van der Waals surface area contributed by atoms with Crippen LogP contribution in [0.4, 0.5) is 0 Å². The van der Waals surface area contributed by atoms with Crippen molar-refractivity contribution >= 4 is 10.8 Å². The van der Waals surface area contributed by atoms with Crippen LogP contribution >= 0.6 is 0 Å². The van der Waals surface area contributed by atoms with Crippen molar-refractivity contribution in [1.82, 2.24) is 10.3 Å². The van der Waals surface area contributed by atoms with E-state index in [1.165, 1.54) is 17.2 Å². The summed E-state index contributed by atoms with van der Waals surface area (Å²) in [7, 11) is 0. The van der Waals surface area contributed by atoms with Gasteiger partial charge in [0, 0.05) is 12.1 Å². The van der Waals surface area contributed by atoms with Gasteiger partial charge in [-0.05, 0) is 23.2 Å². The van der Waals surface area contributed by atoms with Gasteiger partial charge in [0.05, 0.1) is 0 Å². The quantitative estimate of drug-likeness (QED) is 0.759. The van der Waals surface area contributed by atoms with Crippen LogP contribution in [0.5, 0.6) is 0 Å². The average Bonchev–Trinajstić information content (AvgIpc) is 2.94. The topological polar surface area (TPSA) is 38.1 Å². The maximum absolute atomic E-state index is 5.67. The van der Waals surface area contributed by atoms with E-state index in [-0.39, 0.29) is 0 Å². The minimum absolute atomic E-state index is 0.623. The van der Waals surface area contributed by atoms with E-state index in [2.05, 4.69) is 66.6 Å². The Hall–Kier alpha value is -2.13. The van der Waals surface area contributed by atoms with Gasteiger partial charge in [-0.3, -0.25) is 0 Å². The van der Waals surface area contributed by atoms with E-state index in [1.807, 2.05) is 0 Å². The highest BCUT2D eigenvalue weighted by Gasteiger charge is 2.13. The molecular weight excluding hydrogens is 260 g/mol. The summed E-state index contributed by atoms with van der Waals surface area (Å²) in [5.41, 5.74) is 2.07. The molecule has 0 aliphatic heterocycles. The van der Waals surface area contributed by atoms with Gasteiger partial charge in [0.2, 0.25) is 0 Å². The van der Waals surface area contributed by atoms with Crippen LogP contribution in [0.1, 0.15) is 19.5 Å². The van der Waals surface area contributed by atoms with Crippen molar-refractivity contribution in [3.8, 4) is 11.3 Å². The monoisotopic (exact) mass is 280 g/mol. The third kappa shape index (κ3) is 2.98. The zero-order chi connectivity index (χ0) is 14.7. The highest BCUT2D eigenvalue weighted by atomic mass is 16.3. The second kappa shape index (κ2) is 6.10. The lowest BCUT2D eigenvalue weighted by atomic mass is 10.0. The number of rotatable bonds is 5. The van der Waals surface area contributed by atoms with Crippen molar-refractivity contribution in [2.75, 3.05) is 6.54 Å². The van der Waals surface area contributed by atoms with E-state index in [4.69, 9.17) is 4.42 Å². The van der Waals surface area contributed by atoms with Gasteiger partial charge in [-0.2, -0.15) is 0 Å². The summed E-state index contributed by atoms with van der Waals surface area (Å²) in [6, 6.07) is 14.6. The van der Waals surface area contributed by atoms with Gasteiger partial charge in [-0.25, -0.2) is 4.98 Å². The Morgan fingerprint density at radius 3 is 2.76 bits per heavy atom. The summed E-state index contributed by atoms with van der Waals surface area (Å²) in [6.45, 7) is 6.10. The van der Waals surface area contributed by atoms with E-state index in [0.717, 1.165) is 30.1 Å². The predicted octanol–water partition coefficient (Wildman–Crippen LogP) is 4.24. The number of nitrogens with one attached hydrogen (secondary N) is 1. The average molecular weight is 280 g/mol. The molecule has 0 amide bonds. The zero-order valence-corrected chi connectivity index (χ0v) is 12.5. The molecule has 0 saturated heterocycles. The molecule has 108 valence electrons. The summed E-state index contributed by atoms with van der Waals surface area (Å²) < 4.78 is 5.67. The molecular formula is C18H20N2O. The van der Waals surface area contributed by atoms with E-state index in [9.17, 15) is 0 Å². The largest absolute Gasteiger partial charge is 0.443 e. The number of oxazole rings is 1. The van der Waals surface area contributed by atoms with Gasteiger partial charge in [-0.1, -0.05) is 56.3 Å². The van der Waals surface area contributed by atoms with Gasteiger partial charge < -0.3 is 9.73 Å². The van der Waals surface area contributed by atoms with Gasteiger partial charge in [0.15, 0.2) is 12.2 Å². The normalized spacial score (nSPS) is 11.4. The molecule has 2 aromatic carbocycles. The first-order chi connectivity index (χ1) is 10.3. The van der Waals surface area contributed by atoms with Crippen molar-refractivity contribution < 1.29 is 4.42 Å². The summed E-state index contributed by atoms with van der Waals surface area (Å²) in [4.78, 5) is 4.37. The number of hydrogen-bond donors (Lipinski definition) is 1. The Morgan fingerprint density at radius 1 is 1.10 bits per heavy atom. The predicted molar refractivity (Wildman–Crippen MR) is 86.0 cm³/mol. The lowest BCUT2D eigenvalue weighted by Crippen LogP contribution is -2.19. The number of hydrogen-bond acceptors (Lipinski definition) is 3. The minimum Gasteiger partial charge on any atom is -0.443 e. The Kier molecular flexibility index (Phi) is 4.02. The fraction of sp³-hybridized carbons (Fsp3) is 0.278. The third-order valence-corrected chi connectivity index (χ3v) is 3.52. The van der Waals surface area contributed by atoms with E-state index in [0.29, 0.717) is 5.92 Å². The number of aromatic nitrogens is 1. The maximum Gasteiger partial charge on any atom is 0.181 e. The molecule has 0 unspecified atom stereocenters. The molecule has 0 aliphatic carbocycles. The molecule has 0 fully saturated rings. The fourth-order valence-corrected chi connectivity index (χ4v) is 2.52. The van der Waals surface area contributed by atoms with Crippen molar-refractivity contribution in [3.05, 3.63) is 54.6 Å². The molecule has 1 N–H and O–H groups in total. The molecule has 3 aromatic rings. The van der Waals surface area contributed by atoms with Crippen LogP contribution in [0.15, 0.2) is 53.3 Å². The van der Waals surface area contributed by atoms with Crippen LogP contribution in [-0.4, -0.2) is 11.5 Å². The Morgan fingerprint density at radius 2 is 1.90 bits per heavy atom. The third-order valence-electron chi connectivity index (χ3n) is 3.52. The molecule has 0 spiro atoms. The van der Waals surface area contributed by atoms with Gasteiger partial charge in [0.25, 0.3) is 0 Å². The summed E-state index contributed by atoms with van der Waals surface area (Å²) in [5.74, 6) is 1.49. The van der Waals surface area contributed by atoms with Crippen molar-refractivity contribution in [2.24, 2.45) is 5.92 Å². The van der Waals surface area contributed by atoms with Crippen LogP contribution in [0, 0.1) is 5.92 Å². The summed E-state index contributed by atoms with van der Waals surface area (Å²) >= 11 is 0. The standard InChI is InChI=1S/C18H20N2O/c1-13(2)10-19-11-17-18(21-12-20-17)16-9-5-7-14-6-3-4-8-15(14)16/h3-9,12-13,19H,10-11H2,1-2H3. The van der Waals surface area contributed by atoms with Crippen molar-refractivity contribution in [1.29, 1.82) is 0 Å². The van der Waals surface area contributed by atoms with E-state index < -0.39 is 0 Å². The van der Waals surface area contributed by atoms with Gasteiger partial charge in [-0.15, -0.1) is 0 Å². The number of nitrogens with zero attached hydrogens (tertiary/aromatic N) is 1.